The van der Waals surface area contributed by atoms with Gasteiger partial charge >= 0.3 is 0 Å². The smallest absolute Gasteiger partial charge is 0.273 e. The molecule has 4 nitrogen and oxygen atoms in total. The number of likely N-dealkylation sites (tertiary alicyclic amines) is 1. The van der Waals surface area contributed by atoms with Gasteiger partial charge in [0.15, 0.2) is 0 Å². The highest BCUT2D eigenvalue weighted by Crippen LogP contribution is 2.32. The van der Waals surface area contributed by atoms with Crippen molar-refractivity contribution in [3.63, 3.8) is 0 Å². The van der Waals surface area contributed by atoms with Gasteiger partial charge in [-0.1, -0.05) is 36.7 Å². The number of halogens is 2. The monoisotopic (exact) mass is 371 g/mol. The van der Waals surface area contributed by atoms with Gasteiger partial charge in [-0.15, -0.1) is 23.7 Å². The Balaban J connectivity index is 0.00000192. The van der Waals surface area contributed by atoms with E-state index in [9.17, 15) is 4.79 Å². The lowest BCUT2D eigenvalue weighted by Crippen LogP contribution is -2.34. The number of benzene rings is 1. The summed E-state index contributed by atoms with van der Waals surface area (Å²) in [6.07, 6.45) is 0.941. The van der Waals surface area contributed by atoms with Gasteiger partial charge in [-0.3, -0.25) is 4.79 Å². The number of amides is 1. The van der Waals surface area contributed by atoms with E-state index in [1.165, 1.54) is 11.3 Å². The summed E-state index contributed by atoms with van der Waals surface area (Å²) in [5.74, 6) is -0.0215. The number of nitrogens with two attached hydrogens (primary N) is 1. The molecule has 0 bridgehead atoms. The van der Waals surface area contributed by atoms with E-state index in [1.54, 1.807) is 5.38 Å². The van der Waals surface area contributed by atoms with Crippen molar-refractivity contribution in [1.29, 1.82) is 0 Å². The van der Waals surface area contributed by atoms with E-state index in [4.69, 9.17) is 17.3 Å². The van der Waals surface area contributed by atoms with Gasteiger partial charge in [-0.25, -0.2) is 4.98 Å². The van der Waals surface area contributed by atoms with Crippen LogP contribution >= 0.6 is 35.3 Å². The summed E-state index contributed by atoms with van der Waals surface area (Å²) in [5, 5.41) is 3.22. The van der Waals surface area contributed by atoms with E-state index < -0.39 is 0 Å². The third-order valence-electron chi connectivity index (χ3n) is 4.17. The molecular weight excluding hydrogens is 353 g/mol. The third-order valence-corrected chi connectivity index (χ3v) is 5.37. The molecule has 0 spiro atoms. The molecule has 0 saturated carbocycles. The van der Waals surface area contributed by atoms with Gasteiger partial charge in [-0.05, 0) is 24.4 Å². The first-order chi connectivity index (χ1) is 10.5. The van der Waals surface area contributed by atoms with Crippen LogP contribution in [0.4, 0.5) is 0 Å². The SMILES string of the molecule is CC1(CN)CCN(C(=O)c2csc(-c3ccccc3Cl)n2)C1.Cl. The van der Waals surface area contributed by atoms with Crippen LogP contribution < -0.4 is 5.73 Å². The molecule has 23 heavy (non-hydrogen) atoms. The Morgan fingerprint density at radius 3 is 2.87 bits per heavy atom. The van der Waals surface area contributed by atoms with E-state index in [1.807, 2.05) is 29.2 Å². The van der Waals surface area contributed by atoms with Gasteiger partial charge in [0, 0.05) is 24.0 Å². The minimum Gasteiger partial charge on any atom is -0.337 e. The van der Waals surface area contributed by atoms with Crippen LogP contribution in [-0.4, -0.2) is 35.4 Å². The van der Waals surface area contributed by atoms with Crippen molar-refractivity contribution in [2.75, 3.05) is 19.6 Å². The molecule has 3 rings (SSSR count). The number of rotatable bonds is 3. The second-order valence-corrected chi connectivity index (χ2v) is 7.27. The number of carbonyl (C=O) groups is 1. The lowest BCUT2D eigenvalue weighted by Gasteiger charge is -2.22. The Kier molecular flexibility index (Phi) is 5.68. The number of aromatic nitrogens is 1. The van der Waals surface area contributed by atoms with E-state index in [0.717, 1.165) is 23.5 Å². The summed E-state index contributed by atoms with van der Waals surface area (Å²) in [7, 11) is 0. The molecule has 1 aromatic carbocycles. The van der Waals surface area contributed by atoms with Crippen LogP contribution in [-0.2, 0) is 0 Å². The van der Waals surface area contributed by atoms with Crippen molar-refractivity contribution in [1.82, 2.24) is 9.88 Å². The normalized spacial score (nSPS) is 20.4. The fourth-order valence-corrected chi connectivity index (χ4v) is 3.77. The second kappa shape index (κ2) is 7.18. The highest BCUT2D eigenvalue weighted by atomic mass is 35.5. The van der Waals surface area contributed by atoms with Crippen LogP contribution in [0.25, 0.3) is 10.6 Å². The van der Waals surface area contributed by atoms with Gasteiger partial charge in [0.25, 0.3) is 5.91 Å². The van der Waals surface area contributed by atoms with Crippen molar-refractivity contribution in [2.45, 2.75) is 13.3 Å². The Labute approximate surface area is 151 Å². The largest absolute Gasteiger partial charge is 0.337 e. The summed E-state index contributed by atoms with van der Waals surface area (Å²) >= 11 is 7.63. The predicted octanol–water partition coefficient (Wildman–Crippen LogP) is 3.70. The number of carbonyl (C=O) groups excluding carboxylic acids is 1. The third kappa shape index (κ3) is 3.69. The van der Waals surface area contributed by atoms with Crippen molar-refractivity contribution in [3.8, 4) is 10.6 Å². The van der Waals surface area contributed by atoms with Crippen LogP contribution in [0.15, 0.2) is 29.6 Å². The van der Waals surface area contributed by atoms with Crippen LogP contribution in [0.2, 0.25) is 5.02 Å². The maximum atomic E-state index is 12.6. The van der Waals surface area contributed by atoms with E-state index in [0.29, 0.717) is 23.8 Å². The van der Waals surface area contributed by atoms with Crippen molar-refractivity contribution < 1.29 is 4.79 Å². The highest BCUT2D eigenvalue weighted by Gasteiger charge is 2.35. The number of hydrogen-bond donors (Lipinski definition) is 1. The first kappa shape index (κ1) is 18.2. The summed E-state index contributed by atoms with van der Waals surface area (Å²) in [5.41, 5.74) is 7.17. The molecule has 1 fully saturated rings. The first-order valence-electron chi connectivity index (χ1n) is 7.22. The molecule has 1 aliphatic heterocycles. The van der Waals surface area contributed by atoms with Crippen molar-refractivity contribution in [3.05, 3.63) is 40.4 Å². The lowest BCUT2D eigenvalue weighted by molar-refractivity contribution is 0.0772. The Bertz CT molecular complexity index is 706. The van der Waals surface area contributed by atoms with Gasteiger partial charge < -0.3 is 10.6 Å². The van der Waals surface area contributed by atoms with Gasteiger partial charge in [0.1, 0.15) is 10.7 Å². The van der Waals surface area contributed by atoms with E-state index >= 15 is 0 Å². The van der Waals surface area contributed by atoms with Crippen LogP contribution in [0.5, 0.6) is 0 Å². The molecule has 1 aromatic heterocycles. The molecule has 1 atom stereocenters. The maximum Gasteiger partial charge on any atom is 0.273 e. The van der Waals surface area contributed by atoms with Gasteiger partial charge in [0.05, 0.1) is 5.02 Å². The number of hydrogen-bond acceptors (Lipinski definition) is 4. The van der Waals surface area contributed by atoms with Crippen molar-refractivity contribution in [2.24, 2.45) is 11.1 Å². The maximum absolute atomic E-state index is 12.6. The topological polar surface area (TPSA) is 59.2 Å². The average molecular weight is 372 g/mol. The first-order valence-corrected chi connectivity index (χ1v) is 8.48. The summed E-state index contributed by atoms with van der Waals surface area (Å²) < 4.78 is 0. The number of nitrogens with zero attached hydrogens (tertiary/aromatic N) is 2. The fraction of sp³-hybridized carbons (Fsp3) is 0.375. The standard InChI is InChI=1S/C16H18ClN3OS.ClH/c1-16(9-18)6-7-20(10-16)15(21)13-8-22-14(19-13)11-4-2-3-5-12(11)17;/h2-5,8H,6-7,9-10,18H2,1H3;1H. The molecule has 7 heteroatoms. The Morgan fingerprint density at radius 2 is 2.22 bits per heavy atom. The Hall–Kier alpha value is -1.14. The molecule has 1 unspecified atom stereocenters. The molecule has 0 aliphatic carbocycles. The van der Waals surface area contributed by atoms with Crippen LogP contribution in [0.1, 0.15) is 23.8 Å². The zero-order valence-electron chi connectivity index (χ0n) is 12.8. The predicted molar refractivity (Wildman–Crippen MR) is 97.5 cm³/mol. The molecule has 2 N–H and O–H groups in total. The fourth-order valence-electron chi connectivity index (χ4n) is 2.66. The van der Waals surface area contributed by atoms with Gasteiger partial charge in [0.2, 0.25) is 0 Å². The highest BCUT2D eigenvalue weighted by molar-refractivity contribution is 7.13. The minimum absolute atomic E-state index is 0. The number of thiazole rings is 1. The van der Waals surface area contributed by atoms with E-state index in [-0.39, 0.29) is 23.7 Å². The zero-order chi connectivity index (χ0) is 15.7. The summed E-state index contributed by atoms with van der Waals surface area (Å²) in [6, 6.07) is 7.53. The zero-order valence-corrected chi connectivity index (χ0v) is 15.2. The Morgan fingerprint density at radius 1 is 1.48 bits per heavy atom. The second-order valence-electron chi connectivity index (χ2n) is 6.01. The lowest BCUT2D eigenvalue weighted by atomic mass is 9.90. The quantitative estimate of drug-likeness (QED) is 0.894. The summed E-state index contributed by atoms with van der Waals surface area (Å²) in [6.45, 7) is 4.15. The summed E-state index contributed by atoms with van der Waals surface area (Å²) in [4.78, 5) is 18.9. The molecule has 124 valence electrons. The molecule has 0 radical (unpaired) electrons. The molecule has 1 aliphatic rings. The van der Waals surface area contributed by atoms with Crippen LogP contribution in [0, 0.1) is 5.41 Å². The van der Waals surface area contributed by atoms with E-state index in [2.05, 4.69) is 11.9 Å². The van der Waals surface area contributed by atoms with Crippen molar-refractivity contribution >= 4 is 41.3 Å². The molecular formula is C16H19Cl2N3OS. The molecule has 1 saturated heterocycles. The average Bonchev–Trinajstić information content (AvgIpc) is 3.15. The molecule has 2 heterocycles. The molecule has 2 aromatic rings. The van der Waals surface area contributed by atoms with Crippen LogP contribution in [0.3, 0.4) is 0 Å². The van der Waals surface area contributed by atoms with Gasteiger partial charge in [-0.2, -0.15) is 0 Å². The molecule has 1 amide bonds. The minimum atomic E-state index is -0.0215.